The molecule has 0 aliphatic heterocycles. The molecule has 0 bridgehead atoms. The number of likely N-dealkylation sites (N-methyl/N-ethyl adjacent to an activating group) is 1. The molecular weight excluding hydrogens is 493 g/mol. The third kappa shape index (κ3) is 6.37. The summed E-state index contributed by atoms with van der Waals surface area (Å²) >= 11 is 5.98. The Hall–Kier alpha value is -3.43. The molecule has 0 heterocycles. The maximum Gasteiger partial charge on any atom is 0.264 e. The van der Waals surface area contributed by atoms with E-state index in [1.807, 2.05) is 0 Å². The number of anilines is 1. The number of sulfonamides is 1. The number of nitrogens with zero attached hydrogens (tertiary/aromatic N) is 2. The smallest absolute Gasteiger partial charge is 0.264 e. The van der Waals surface area contributed by atoms with E-state index in [0.29, 0.717) is 10.6 Å². The van der Waals surface area contributed by atoms with Gasteiger partial charge >= 0.3 is 0 Å². The van der Waals surface area contributed by atoms with Gasteiger partial charge in [-0.05, 0) is 61.0 Å². The van der Waals surface area contributed by atoms with Gasteiger partial charge in [0.1, 0.15) is 18.4 Å². The fraction of sp³-hybridized carbons (Fsp3) is 0.200. The van der Waals surface area contributed by atoms with Crippen LogP contribution in [0.1, 0.15) is 12.5 Å². The zero-order chi connectivity index (χ0) is 25.6. The molecule has 7 nitrogen and oxygen atoms in total. The quantitative estimate of drug-likeness (QED) is 0.467. The van der Waals surface area contributed by atoms with Gasteiger partial charge in [-0.25, -0.2) is 12.8 Å². The summed E-state index contributed by atoms with van der Waals surface area (Å²) in [4.78, 5) is 27.2. The third-order valence-electron chi connectivity index (χ3n) is 5.40. The summed E-state index contributed by atoms with van der Waals surface area (Å²) in [6.45, 7) is 0.952. The Morgan fingerprint density at radius 2 is 1.57 bits per heavy atom. The summed E-state index contributed by atoms with van der Waals surface area (Å²) in [6, 6.07) is 18.4. The zero-order valence-corrected chi connectivity index (χ0v) is 20.8. The van der Waals surface area contributed by atoms with Crippen molar-refractivity contribution in [2.45, 2.75) is 24.4 Å². The second-order valence-corrected chi connectivity index (χ2v) is 10.0. The SMILES string of the molecule is CNC(=O)[C@@H](C)N(Cc1ccc(F)cc1)C(=O)CN(c1ccc(Cl)cc1)S(=O)(=O)c1ccccc1. The normalized spacial score (nSPS) is 12.0. The predicted octanol–water partition coefficient (Wildman–Crippen LogP) is 3.84. The van der Waals surface area contributed by atoms with Crippen LogP contribution < -0.4 is 9.62 Å². The Morgan fingerprint density at radius 1 is 0.971 bits per heavy atom. The lowest BCUT2D eigenvalue weighted by Crippen LogP contribution is -2.50. The van der Waals surface area contributed by atoms with Crippen LogP contribution in [0.3, 0.4) is 0 Å². The van der Waals surface area contributed by atoms with Crippen LogP contribution in [0, 0.1) is 5.82 Å². The molecule has 0 fully saturated rings. The van der Waals surface area contributed by atoms with Crippen molar-refractivity contribution < 1.29 is 22.4 Å². The van der Waals surface area contributed by atoms with Gasteiger partial charge in [-0.2, -0.15) is 0 Å². The molecule has 1 N–H and O–H groups in total. The Labute approximate surface area is 209 Å². The van der Waals surface area contributed by atoms with Gasteiger partial charge in [0.25, 0.3) is 10.0 Å². The van der Waals surface area contributed by atoms with Crippen molar-refractivity contribution in [3.05, 3.63) is 95.3 Å². The molecule has 3 aromatic rings. The summed E-state index contributed by atoms with van der Waals surface area (Å²) in [5.74, 6) is -1.47. The average molecular weight is 518 g/mol. The Balaban J connectivity index is 2.00. The standard InChI is InChI=1S/C25H25ClFN3O4S/c1-18(25(32)28-2)29(16-19-8-12-21(27)13-9-19)24(31)17-30(22-14-10-20(26)11-15-22)35(33,34)23-6-4-3-5-7-23/h3-15,18H,16-17H2,1-2H3,(H,28,32)/t18-/m1/s1. The second-order valence-electron chi connectivity index (χ2n) is 7.74. The van der Waals surface area contributed by atoms with Gasteiger partial charge in [-0.15, -0.1) is 0 Å². The van der Waals surface area contributed by atoms with Crippen LogP contribution in [0.15, 0.2) is 83.8 Å². The van der Waals surface area contributed by atoms with Crippen LogP contribution >= 0.6 is 11.6 Å². The van der Waals surface area contributed by atoms with E-state index in [1.165, 1.54) is 72.6 Å². The van der Waals surface area contributed by atoms with E-state index in [9.17, 15) is 22.4 Å². The highest BCUT2D eigenvalue weighted by Crippen LogP contribution is 2.26. The van der Waals surface area contributed by atoms with Gasteiger partial charge in [0.15, 0.2) is 0 Å². The molecule has 184 valence electrons. The molecule has 10 heteroatoms. The number of nitrogens with one attached hydrogen (secondary N) is 1. The van der Waals surface area contributed by atoms with Gasteiger partial charge in [0.2, 0.25) is 11.8 Å². The zero-order valence-electron chi connectivity index (χ0n) is 19.2. The van der Waals surface area contributed by atoms with Crippen LogP contribution in [0.2, 0.25) is 5.02 Å². The highest BCUT2D eigenvalue weighted by molar-refractivity contribution is 7.92. The summed E-state index contributed by atoms with van der Waals surface area (Å²) in [7, 11) is -2.69. The van der Waals surface area contributed by atoms with Crippen LogP contribution in [-0.4, -0.2) is 44.8 Å². The number of rotatable bonds is 9. The molecule has 0 unspecified atom stereocenters. The maximum absolute atomic E-state index is 13.5. The van der Waals surface area contributed by atoms with E-state index < -0.39 is 40.2 Å². The molecule has 3 rings (SSSR count). The first kappa shape index (κ1) is 26.2. The third-order valence-corrected chi connectivity index (χ3v) is 7.44. The highest BCUT2D eigenvalue weighted by atomic mass is 35.5. The first-order chi connectivity index (χ1) is 16.6. The molecule has 35 heavy (non-hydrogen) atoms. The number of halogens is 2. The van der Waals surface area contributed by atoms with Gasteiger partial charge < -0.3 is 10.2 Å². The lowest BCUT2D eigenvalue weighted by atomic mass is 10.1. The fourth-order valence-corrected chi connectivity index (χ4v) is 5.00. The molecule has 0 radical (unpaired) electrons. The van der Waals surface area contributed by atoms with Crippen molar-refractivity contribution in [1.29, 1.82) is 0 Å². The van der Waals surface area contributed by atoms with Crippen molar-refractivity contribution in [1.82, 2.24) is 10.2 Å². The van der Waals surface area contributed by atoms with Gasteiger partial charge in [0, 0.05) is 18.6 Å². The number of hydrogen-bond acceptors (Lipinski definition) is 4. The molecule has 0 aliphatic carbocycles. The minimum absolute atomic E-state index is 0.00665. The summed E-state index contributed by atoms with van der Waals surface area (Å²) in [5, 5.41) is 2.91. The maximum atomic E-state index is 13.5. The van der Waals surface area contributed by atoms with E-state index in [4.69, 9.17) is 11.6 Å². The van der Waals surface area contributed by atoms with E-state index in [0.717, 1.165) is 4.31 Å². The predicted molar refractivity (Wildman–Crippen MR) is 133 cm³/mol. The van der Waals surface area contributed by atoms with Crippen molar-refractivity contribution in [3.63, 3.8) is 0 Å². The Bertz CT molecular complexity index is 1270. The van der Waals surface area contributed by atoms with Crippen molar-refractivity contribution in [2.24, 2.45) is 0 Å². The van der Waals surface area contributed by atoms with Crippen LogP contribution in [0.4, 0.5) is 10.1 Å². The van der Waals surface area contributed by atoms with Crippen LogP contribution in [0.25, 0.3) is 0 Å². The van der Waals surface area contributed by atoms with E-state index in [1.54, 1.807) is 25.1 Å². The number of amides is 2. The van der Waals surface area contributed by atoms with Crippen molar-refractivity contribution in [2.75, 3.05) is 17.9 Å². The molecule has 0 aliphatic rings. The number of hydrogen-bond donors (Lipinski definition) is 1. The van der Waals surface area contributed by atoms with Gasteiger partial charge in [-0.1, -0.05) is 41.9 Å². The van der Waals surface area contributed by atoms with Crippen molar-refractivity contribution in [3.8, 4) is 0 Å². The minimum atomic E-state index is -4.13. The Kier molecular flexibility index (Phi) is 8.48. The lowest BCUT2D eigenvalue weighted by molar-refractivity contribution is -0.139. The molecule has 0 saturated heterocycles. The molecule has 0 aromatic heterocycles. The molecule has 1 atom stereocenters. The fourth-order valence-electron chi connectivity index (χ4n) is 3.43. The van der Waals surface area contributed by atoms with Gasteiger partial charge in [0.05, 0.1) is 10.6 Å². The van der Waals surface area contributed by atoms with Crippen molar-refractivity contribution >= 4 is 39.1 Å². The monoisotopic (exact) mass is 517 g/mol. The molecule has 0 saturated carbocycles. The van der Waals surface area contributed by atoms with Crippen LogP contribution in [-0.2, 0) is 26.2 Å². The largest absolute Gasteiger partial charge is 0.357 e. The molecule has 3 aromatic carbocycles. The highest BCUT2D eigenvalue weighted by Gasteiger charge is 2.32. The van der Waals surface area contributed by atoms with E-state index >= 15 is 0 Å². The number of benzene rings is 3. The van der Waals surface area contributed by atoms with Gasteiger partial charge in [-0.3, -0.25) is 13.9 Å². The number of carbonyl (C=O) groups excluding carboxylic acids is 2. The summed E-state index contributed by atoms with van der Waals surface area (Å²) in [5.41, 5.74) is 0.820. The lowest BCUT2D eigenvalue weighted by Gasteiger charge is -2.31. The Morgan fingerprint density at radius 3 is 2.14 bits per heavy atom. The van der Waals surface area contributed by atoms with Crippen LogP contribution in [0.5, 0.6) is 0 Å². The number of carbonyl (C=O) groups is 2. The van der Waals surface area contributed by atoms with E-state index in [-0.39, 0.29) is 17.1 Å². The summed E-state index contributed by atoms with van der Waals surface area (Å²) < 4.78 is 41.4. The van der Waals surface area contributed by atoms with E-state index in [2.05, 4.69) is 5.32 Å². The summed E-state index contributed by atoms with van der Waals surface area (Å²) in [6.07, 6.45) is 0. The molecule has 2 amide bonds. The topological polar surface area (TPSA) is 86.8 Å². The molecule has 0 spiro atoms. The minimum Gasteiger partial charge on any atom is -0.357 e. The first-order valence-electron chi connectivity index (χ1n) is 10.7. The second kappa shape index (κ2) is 11.3. The molecular formula is C25H25ClFN3O4S. The first-order valence-corrected chi connectivity index (χ1v) is 12.5. The average Bonchev–Trinajstić information content (AvgIpc) is 2.87.